The van der Waals surface area contributed by atoms with Crippen molar-refractivity contribution in [1.82, 2.24) is 0 Å². The summed E-state index contributed by atoms with van der Waals surface area (Å²) in [6.45, 7) is 3.86. The van der Waals surface area contributed by atoms with Crippen molar-refractivity contribution in [2.45, 2.75) is 19.8 Å². The zero-order valence-corrected chi connectivity index (χ0v) is 18.1. The van der Waals surface area contributed by atoms with Crippen molar-refractivity contribution in [2.24, 2.45) is 16.5 Å². The first kappa shape index (κ1) is 25.6. The Morgan fingerprint density at radius 2 is 1.58 bits per heavy atom. The van der Waals surface area contributed by atoms with Gasteiger partial charge in [-0.2, -0.15) is 8.42 Å². The first-order valence-corrected chi connectivity index (χ1v) is 10.9. The van der Waals surface area contributed by atoms with E-state index in [1.807, 2.05) is 0 Å². The maximum atomic E-state index is 12.2. The van der Waals surface area contributed by atoms with Gasteiger partial charge in [0.05, 0.1) is 30.0 Å². The van der Waals surface area contributed by atoms with Crippen LogP contribution >= 0.6 is 0 Å². The number of ether oxygens (including phenoxy) is 2. The molecule has 0 spiro atoms. The van der Waals surface area contributed by atoms with E-state index in [1.54, 1.807) is 62.4 Å². The molecule has 31 heavy (non-hydrogen) atoms. The molecule has 1 atom stereocenters. The van der Waals surface area contributed by atoms with Gasteiger partial charge < -0.3 is 20.9 Å². The lowest BCUT2D eigenvalue weighted by atomic mass is 10.0. The molecule has 2 aromatic carbocycles. The highest BCUT2D eigenvalue weighted by atomic mass is 32.2. The van der Waals surface area contributed by atoms with Gasteiger partial charge in [-0.1, -0.05) is 12.1 Å². The molecule has 0 saturated heterocycles. The quantitative estimate of drug-likeness (QED) is 0.195. The van der Waals surface area contributed by atoms with Crippen LogP contribution in [-0.2, 0) is 19.6 Å². The maximum absolute atomic E-state index is 12.2. The van der Waals surface area contributed by atoms with Crippen molar-refractivity contribution in [3.8, 4) is 5.75 Å². The van der Waals surface area contributed by atoms with Gasteiger partial charge in [0.2, 0.25) is 0 Å². The highest BCUT2D eigenvalue weighted by Gasteiger charge is 2.16. The summed E-state index contributed by atoms with van der Waals surface area (Å²) in [5.74, 6) is -0.867. The van der Waals surface area contributed by atoms with Crippen LogP contribution in [0.4, 0.5) is 5.69 Å². The molecule has 11 heteroatoms. The monoisotopic (exact) mass is 451 g/mol. The number of rotatable bonds is 6. The number of aliphatic imine (C=N–C) groups is 1. The standard InChI is InChI=1S/C19H21N3O4.CH4O3S/c1-3-25-17(23)12(2)13-6-10-16(11-7-13)26-18(24)14-4-8-15(9-5-14)22-19(20)21;1-5(2,3)4/h4-12H,3H2,1-2H3,(H4,20,21,22);1H3,(H,2,3,4)/t12-;/m1./s1. The summed E-state index contributed by atoms with van der Waals surface area (Å²) in [5, 5.41) is 0. The van der Waals surface area contributed by atoms with E-state index in [4.69, 9.17) is 25.5 Å². The van der Waals surface area contributed by atoms with Gasteiger partial charge in [-0.05, 0) is 55.8 Å². The number of guanidine groups is 1. The highest BCUT2D eigenvalue weighted by molar-refractivity contribution is 7.85. The summed E-state index contributed by atoms with van der Waals surface area (Å²) in [4.78, 5) is 27.8. The van der Waals surface area contributed by atoms with Crippen LogP contribution in [0, 0.1) is 0 Å². The molecule has 0 unspecified atom stereocenters. The number of benzene rings is 2. The molecular weight excluding hydrogens is 426 g/mol. The van der Waals surface area contributed by atoms with Gasteiger partial charge >= 0.3 is 11.9 Å². The van der Waals surface area contributed by atoms with E-state index in [0.29, 0.717) is 29.9 Å². The molecule has 5 N–H and O–H groups in total. The van der Waals surface area contributed by atoms with E-state index in [-0.39, 0.29) is 17.8 Å². The first-order chi connectivity index (χ1) is 14.4. The Labute approximate surface area is 180 Å². The average Bonchev–Trinajstić information content (AvgIpc) is 2.67. The number of nitrogens with two attached hydrogens (primary N) is 2. The first-order valence-electron chi connectivity index (χ1n) is 9.01. The Morgan fingerprint density at radius 1 is 1.06 bits per heavy atom. The lowest BCUT2D eigenvalue weighted by Gasteiger charge is -2.11. The molecular formula is C20H25N3O7S. The van der Waals surface area contributed by atoms with Crippen molar-refractivity contribution in [2.75, 3.05) is 12.9 Å². The van der Waals surface area contributed by atoms with Crippen molar-refractivity contribution >= 4 is 33.7 Å². The van der Waals surface area contributed by atoms with Crippen molar-refractivity contribution < 1.29 is 32.0 Å². The van der Waals surface area contributed by atoms with Crippen LogP contribution in [0.5, 0.6) is 5.75 Å². The Morgan fingerprint density at radius 3 is 2.03 bits per heavy atom. The second-order valence-electron chi connectivity index (χ2n) is 6.25. The molecule has 0 amide bonds. The average molecular weight is 452 g/mol. The fourth-order valence-electron chi connectivity index (χ4n) is 2.21. The Kier molecular flexibility index (Phi) is 9.64. The topological polar surface area (TPSA) is 171 Å². The number of nitrogens with zero attached hydrogens (tertiary/aromatic N) is 1. The van der Waals surface area contributed by atoms with E-state index in [9.17, 15) is 18.0 Å². The lowest BCUT2D eigenvalue weighted by Crippen LogP contribution is -2.21. The normalized spacial score (nSPS) is 11.4. The minimum atomic E-state index is -3.67. The Balaban J connectivity index is 0.000000861. The largest absolute Gasteiger partial charge is 0.466 e. The fraction of sp³-hybridized carbons (Fsp3) is 0.250. The third-order valence-electron chi connectivity index (χ3n) is 3.59. The number of carbonyl (C=O) groups excluding carboxylic acids is 2. The van der Waals surface area contributed by atoms with E-state index >= 15 is 0 Å². The van der Waals surface area contributed by atoms with Gasteiger partial charge in [0.25, 0.3) is 10.1 Å². The van der Waals surface area contributed by atoms with Gasteiger partial charge in [-0.25, -0.2) is 9.79 Å². The minimum absolute atomic E-state index is 0.0579. The molecule has 10 nitrogen and oxygen atoms in total. The third kappa shape index (κ3) is 10.2. The summed E-state index contributed by atoms with van der Waals surface area (Å²) in [6.07, 6.45) is 0.715. The van der Waals surface area contributed by atoms with Gasteiger partial charge in [-0.3, -0.25) is 9.35 Å². The second-order valence-corrected chi connectivity index (χ2v) is 7.71. The van der Waals surface area contributed by atoms with Crippen LogP contribution < -0.4 is 16.2 Å². The van der Waals surface area contributed by atoms with Crippen molar-refractivity contribution in [3.63, 3.8) is 0 Å². The van der Waals surface area contributed by atoms with Crippen LogP contribution in [0.3, 0.4) is 0 Å². The molecule has 0 saturated carbocycles. The van der Waals surface area contributed by atoms with Gasteiger partial charge in [0.15, 0.2) is 5.96 Å². The summed E-state index contributed by atoms with van der Waals surface area (Å²) in [6, 6.07) is 13.1. The molecule has 2 rings (SSSR count). The maximum Gasteiger partial charge on any atom is 0.343 e. The van der Waals surface area contributed by atoms with E-state index in [0.717, 1.165) is 5.56 Å². The number of esters is 2. The molecule has 0 bridgehead atoms. The fourth-order valence-corrected chi connectivity index (χ4v) is 2.21. The highest BCUT2D eigenvalue weighted by Crippen LogP contribution is 2.21. The summed E-state index contributed by atoms with van der Waals surface area (Å²) in [7, 11) is -3.67. The molecule has 0 fully saturated rings. The smallest absolute Gasteiger partial charge is 0.343 e. The molecule has 0 aliphatic carbocycles. The van der Waals surface area contributed by atoms with Crippen LogP contribution in [-0.4, -0.2) is 43.7 Å². The van der Waals surface area contributed by atoms with Gasteiger partial charge in [0, 0.05) is 0 Å². The predicted molar refractivity (Wildman–Crippen MR) is 116 cm³/mol. The minimum Gasteiger partial charge on any atom is -0.466 e. The van der Waals surface area contributed by atoms with Crippen LogP contribution in [0.15, 0.2) is 53.5 Å². The molecule has 0 radical (unpaired) electrons. The Bertz CT molecular complexity index is 1010. The van der Waals surface area contributed by atoms with Gasteiger partial charge in [0.1, 0.15) is 5.75 Å². The van der Waals surface area contributed by atoms with Crippen molar-refractivity contribution in [1.29, 1.82) is 0 Å². The molecule has 2 aromatic rings. The molecule has 0 aliphatic heterocycles. The van der Waals surface area contributed by atoms with Gasteiger partial charge in [-0.15, -0.1) is 0 Å². The third-order valence-corrected chi connectivity index (χ3v) is 3.59. The second kappa shape index (κ2) is 11.7. The van der Waals surface area contributed by atoms with Crippen LogP contribution in [0.2, 0.25) is 0 Å². The lowest BCUT2D eigenvalue weighted by molar-refractivity contribution is -0.144. The molecule has 0 heterocycles. The number of hydrogen-bond acceptors (Lipinski definition) is 7. The van der Waals surface area contributed by atoms with Crippen LogP contribution in [0.25, 0.3) is 0 Å². The summed E-state index contributed by atoms with van der Waals surface area (Å²) in [5.41, 5.74) is 12.3. The molecule has 0 aromatic heterocycles. The van der Waals surface area contributed by atoms with Crippen molar-refractivity contribution in [3.05, 3.63) is 59.7 Å². The summed E-state index contributed by atoms with van der Waals surface area (Å²) >= 11 is 0. The SMILES string of the molecule is CCOC(=O)[C@H](C)c1ccc(OC(=O)c2ccc(N=C(N)N)cc2)cc1.CS(=O)(=O)O. The van der Waals surface area contributed by atoms with E-state index < -0.39 is 16.1 Å². The van der Waals surface area contributed by atoms with Crippen LogP contribution in [0.1, 0.15) is 35.7 Å². The number of hydrogen-bond donors (Lipinski definition) is 3. The number of carbonyl (C=O) groups is 2. The van der Waals surface area contributed by atoms with E-state index in [2.05, 4.69) is 4.99 Å². The predicted octanol–water partition coefficient (Wildman–Crippen LogP) is 1.98. The van der Waals surface area contributed by atoms with E-state index in [1.165, 1.54) is 0 Å². The molecule has 0 aliphatic rings. The summed E-state index contributed by atoms with van der Waals surface area (Å²) < 4.78 is 36.2. The molecule has 168 valence electrons. The zero-order chi connectivity index (χ0) is 23.6. The Hall–Kier alpha value is -3.44. The zero-order valence-electron chi connectivity index (χ0n) is 17.3.